The number of nitrogens with one attached hydrogen (secondary N) is 1. The largest absolute Gasteiger partial charge is 0.478 e. The maximum atomic E-state index is 13.0. The second-order valence-electron chi connectivity index (χ2n) is 7.29. The highest BCUT2D eigenvalue weighted by atomic mass is 35.5. The highest BCUT2D eigenvalue weighted by Gasteiger charge is 2.23. The number of carboxylic acid groups (broad SMARTS) is 1. The second-order valence-corrected chi connectivity index (χ2v) is 8.61. The zero-order chi connectivity index (χ0) is 22.5. The molecule has 0 spiro atoms. The molecule has 0 unspecified atom stereocenters. The molecule has 160 valence electrons. The summed E-state index contributed by atoms with van der Waals surface area (Å²) in [6, 6.07) is 26.6. The topological polar surface area (TPSA) is 66.4 Å². The molecule has 0 saturated carbocycles. The minimum absolute atomic E-state index is 0.0849. The van der Waals surface area contributed by atoms with Crippen LogP contribution in [0.2, 0.25) is 5.02 Å². The van der Waals surface area contributed by atoms with Gasteiger partial charge in [-0.15, -0.1) is 11.3 Å². The molecule has 1 heterocycles. The number of halogens is 1. The molecule has 4 aromatic rings. The van der Waals surface area contributed by atoms with Crippen LogP contribution in [-0.2, 0) is 4.79 Å². The molecule has 0 aliphatic rings. The summed E-state index contributed by atoms with van der Waals surface area (Å²) in [6.45, 7) is 0. The SMILES string of the molecule is O=C(CC(c1ccccc1)c1ccccc1)Nc1scc(-c2ccc(Cl)cc2)c1C(=O)O. The standard InChI is InChI=1S/C26H20ClNO3S/c27-20-13-11-19(12-14-20)22-16-32-25(24(22)26(30)31)28-23(29)15-21(17-7-3-1-4-8-17)18-9-5-2-6-10-18/h1-14,16,21H,15H2,(H,28,29)(H,30,31). The maximum Gasteiger partial charge on any atom is 0.339 e. The van der Waals surface area contributed by atoms with Crippen molar-refractivity contribution in [1.29, 1.82) is 0 Å². The van der Waals surface area contributed by atoms with Crippen LogP contribution in [0.3, 0.4) is 0 Å². The van der Waals surface area contributed by atoms with E-state index in [1.807, 2.05) is 60.7 Å². The number of aromatic carboxylic acids is 1. The fraction of sp³-hybridized carbons (Fsp3) is 0.0769. The molecule has 4 nitrogen and oxygen atoms in total. The van der Waals surface area contributed by atoms with E-state index in [1.54, 1.807) is 29.6 Å². The van der Waals surface area contributed by atoms with E-state index < -0.39 is 5.97 Å². The van der Waals surface area contributed by atoms with E-state index in [4.69, 9.17) is 11.6 Å². The van der Waals surface area contributed by atoms with E-state index in [-0.39, 0.29) is 23.8 Å². The Labute approximate surface area is 195 Å². The number of hydrogen-bond donors (Lipinski definition) is 2. The van der Waals surface area contributed by atoms with Crippen molar-refractivity contribution in [3.63, 3.8) is 0 Å². The molecule has 0 radical (unpaired) electrons. The predicted octanol–water partition coefficient (Wildman–Crippen LogP) is 6.93. The van der Waals surface area contributed by atoms with Gasteiger partial charge in [0.15, 0.2) is 0 Å². The molecule has 0 atom stereocenters. The van der Waals surface area contributed by atoms with Crippen molar-refractivity contribution in [3.05, 3.63) is 112 Å². The average Bonchev–Trinajstić information content (AvgIpc) is 3.23. The number of benzene rings is 3. The van der Waals surface area contributed by atoms with Crippen molar-refractivity contribution >= 4 is 39.8 Å². The number of thiophene rings is 1. The molecule has 3 aromatic carbocycles. The zero-order valence-electron chi connectivity index (χ0n) is 17.0. The van der Waals surface area contributed by atoms with Gasteiger partial charge in [0, 0.05) is 28.3 Å². The first kappa shape index (κ1) is 21.8. The van der Waals surface area contributed by atoms with Crippen LogP contribution in [0.15, 0.2) is 90.3 Å². The third-order valence-electron chi connectivity index (χ3n) is 5.21. The van der Waals surface area contributed by atoms with Gasteiger partial charge in [-0.05, 0) is 28.8 Å². The van der Waals surface area contributed by atoms with Gasteiger partial charge in [-0.2, -0.15) is 0 Å². The summed E-state index contributed by atoms with van der Waals surface area (Å²) in [6.07, 6.45) is 0.196. The van der Waals surface area contributed by atoms with Gasteiger partial charge in [-0.1, -0.05) is 84.4 Å². The zero-order valence-corrected chi connectivity index (χ0v) is 18.6. The minimum Gasteiger partial charge on any atom is -0.478 e. The molecule has 0 aliphatic heterocycles. The Balaban J connectivity index is 1.60. The summed E-state index contributed by atoms with van der Waals surface area (Å²) in [5, 5.41) is 15.3. The van der Waals surface area contributed by atoms with Gasteiger partial charge in [-0.25, -0.2) is 4.79 Å². The summed E-state index contributed by atoms with van der Waals surface area (Å²) in [4.78, 5) is 25.0. The fourth-order valence-corrected chi connectivity index (χ4v) is 4.77. The van der Waals surface area contributed by atoms with Gasteiger partial charge >= 0.3 is 5.97 Å². The monoisotopic (exact) mass is 461 g/mol. The molecule has 0 saturated heterocycles. The van der Waals surface area contributed by atoms with Crippen LogP contribution in [0.1, 0.15) is 33.8 Å². The third kappa shape index (κ3) is 4.90. The van der Waals surface area contributed by atoms with Crippen molar-refractivity contribution < 1.29 is 14.7 Å². The molecular formula is C26H20ClNO3S. The Morgan fingerprint density at radius 1 is 0.875 bits per heavy atom. The first-order chi connectivity index (χ1) is 15.5. The Morgan fingerprint density at radius 3 is 1.97 bits per heavy atom. The summed E-state index contributed by atoms with van der Waals surface area (Å²) in [5.74, 6) is -1.47. The number of rotatable bonds is 7. The van der Waals surface area contributed by atoms with Gasteiger partial charge in [0.25, 0.3) is 0 Å². The highest BCUT2D eigenvalue weighted by molar-refractivity contribution is 7.15. The molecule has 1 amide bonds. The van der Waals surface area contributed by atoms with Crippen LogP contribution >= 0.6 is 22.9 Å². The number of carbonyl (C=O) groups is 2. The van der Waals surface area contributed by atoms with Crippen molar-refractivity contribution in [3.8, 4) is 11.1 Å². The van der Waals surface area contributed by atoms with Gasteiger partial charge in [-0.3, -0.25) is 4.79 Å². The quantitative estimate of drug-likeness (QED) is 0.313. The summed E-state index contributed by atoms with van der Waals surface area (Å²) in [5.41, 5.74) is 3.43. The highest BCUT2D eigenvalue weighted by Crippen LogP contribution is 2.37. The van der Waals surface area contributed by atoms with Gasteiger partial charge in [0.1, 0.15) is 10.6 Å². The Bertz CT molecular complexity index is 1180. The van der Waals surface area contributed by atoms with Crippen molar-refractivity contribution in [2.75, 3.05) is 5.32 Å². The molecule has 2 N–H and O–H groups in total. The lowest BCUT2D eigenvalue weighted by Gasteiger charge is -2.18. The van der Waals surface area contributed by atoms with Gasteiger partial charge in [0.05, 0.1) is 0 Å². The normalized spacial score (nSPS) is 10.8. The van der Waals surface area contributed by atoms with E-state index in [2.05, 4.69) is 5.32 Å². The van der Waals surface area contributed by atoms with Crippen molar-refractivity contribution in [1.82, 2.24) is 0 Å². The van der Waals surface area contributed by atoms with Crippen LogP contribution < -0.4 is 5.32 Å². The average molecular weight is 462 g/mol. The van der Waals surface area contributed by atoms with Crippen LogP contribution in [0.4, 0.5) is 5.00 Å². The van der Waals surface area contributed by atoms with E-state index in [0.717, 1.165) is 16.7 Å². The first-order valence-corrected chi connectivity index (χ1v) is 11.3. The molecule has 0 aliphatic carbocycles. The number of hydrogen-bond acceptors (Lipinski definition) is 3. The van der Waals surface area contributed by atoms with Crippen LogP contribution in [0.25, 0.3) is 11.1 Å². The summed E-state index contributed by atoms with van der Waals surface area (Å²) in [7, 11) is 0. The lowest BCUT2D eigenvalue weighted by Crippen LogP contribution is -2.17. The Kier molecular flexibility index (Phi) is 6.69. The molecule has 32 heavy (non-hydrogen) atoms. The van der Waals surface area contributed by atoms with Crippen molar-refractivity contribution in [2.24, 2.45) is 0 Å². The number of amides is 1. The summed E-state index contributed by atoms with van der Waals surface area (Å²) >= 11 is 7.16. The molecule has 4 rings (SSSR count). The molecule has 1 aromatic heterocycles. The number of carboxylic acids is 1. The molecule has 0 fully saturated rings. The fourth-order valence-electron chi connectivity index (χ4n) is 3.67. The predicted molar refractivity (Wildman–Crippen MR) is 130 cm³/mol. The van der Waals surface area contributed by atoms with Gasteiger partial charge < -0.3 is 10.4 Å². The maximum absolute atomic E-state index is 13.0. The third-order valence-corrected chi connectivity index (χ3v) is 6.35. The molecule has 0 bridgehead atoms. The number of anilines is 1. The van der Waals surface area contributed by atoms with E-state index >= 15 is 0 Å². The lowest BCUT2D eigenvalue weighted by atomic mass is 9.88. The van der Waals surface area contributed by atoms with Crippen LogP contribution in [0, 0.1) is 0 Å². The Morgan fingerprint density at radius 2 is 1.44 bits per heavy atom. The smallest absolute Gasteiger partial charge is 0.339 e. The van der Waals surface area contributed by atoms with Crippen LogP contribution in [0.5, 0.6) is 0 Å². The lowest BCUT2D eigenvalue weighted by molar-refractivity contribution is -0.116. The van der Waals surface area contributed by atoms with E-state index in [1.165, 1.54) is 11.3 Å². The van der Waals surface area contributed by atoms with Crippen molar-refractivity contribution in [2.45, 2.75) is 12.3 Å². The Hall–Kier alpha value is -3.41. The van der Waals surface area contributed by atoms with E-state index in [0.29, 0.717) is 15.6 Å². The van der Waals surface area contributed by atoms with E-state index in [9.17, 15) is 14.7 Å². The molecule has 6 heteroatoms. The second kappa shape index (κ2) is 9.81. The van der Waals surface area contributed by atoms with Gasteiger partial charge in [0.2, 0.25) is 5.91 Å². The minimum atomic E-state index is -1.09. The molecular weight excluding hydrogens is 442 g/mol. The number of carbonyl (C=O) groups excluding carboxylic acids is 1. The van der Waals surface area contributed by atoms with Crippen LogP contribution in [-0.4, -0.2) is 17.0 Å². The first-order valence-electron chi connectivity index (χ1n) is 10.0. The summed E-state index contributed by atoms with van der Waals surface area (Å²) < 4.78 is 0.